The van der Waals surface area contributed by atoms with E-state index in [1.165, 1.54) is 12.1 Å². The van der Waals surface area contributed by atoms with E-state index < -0.39 is 5.24 Å². The highest BCUT2D eigenvalue weighted by atomic mass is 32.2. The summed E-state index contributed by atoms with van der Waals surface area (Å²) in [6.07, 6.45) is 7.92. The Morgan fingerprint density at radius 3 is 2.74 bits per heavy atom. The minimum atomic E-state index is -0.404. The number of halogens is 1. The summed E-state index contributed by atoms with van der Waals surface area (Å²) < 4.78 is 14.5. The minimum Gasteiger partial charge on any atom is -0.390 e. The van der Waals surface area contributed by atoms with Crippen molar-refractivity contribution in [3.8, 4) is 34.9 Å². The van der Waals surface area contributed by atoms with Crippen LogP contribution in [-0.2, 0) is 0 Å². The molecule has 0 saturated heterocycles. The third-order valence-electron chi connectivity index (χ3n) is 3.55. The van der Waals surface area contributed by atoms with Crippen LogP contribution in [0.3, 0.4) is 0 Å². The minimum absolute atomic E-state index is 0.190. The first-order chi connectivity index (χ1) is 13.2. The van der Waals surface area contributed by atoms with Gasteiger partial charge in [0.1, 0.15) is 11.5 Å². The molecule has 0 fully saturated rings. The maximum atomic E-state index is 13.4. The second kappa shape index (κ2) is 8.29. The van der Waals surface area contributed by atoms with Gasteiger partial charge in [-0.05, 0) is 41.6 Å². The fourth-order valence-electron chi connectivity index (χ4n) is 2.46. The molecule has 0 bridgehead atoms. The number of aliphatic imine (C=N–C) groups is 1. The summed E-state index contributed by atoms with van der Waals surface area (Å²) in [7, 11) is 0. The molecule has 0 saturated carbocycles. The number of carbonyl (C=O) groups excluding carboxylic acids is 1. The van der Waals surface area contributed by atoms with Gasteiger partial charge in [-0.3, -0.25) is 9.78 Å². The van der Waals surface area contributed by atoms with Crippen LogP contribution in [0, 0.1) is 18.2 Å². The van der Waals surface area contributed by atoms with Gasteiger partial charge in [-0.2, -0.15) is 9.78 Å². The molecule has 0 aliphatic rings. The average molecular weight is 379 g/mol. The fourth-order valence-corrected chi connectivity index (χ4v) is 2.91. The molecular weight excluding hydrogens is 365 g/mol. The van der Waals surface area contributed by atoms with Crippen molar-refractivity contribution in [2.45, 2.75) is 0 Å². The van der Waals surface area contributed by atoms with Gasteiger partial charge in [-0.25, -0.2) is 9.38 Å². The predicted molar refractivity (Wildman–Crippen MR) is 105 cm³/mol. The van der Waals surface area contributed by atoms with Crippen LogP contribution in [0.15, 0.2) is 53.7 Å². The van der Waals surface area contributed by atoms with E-state index in [0.717, 1.165) is 22.8 Å². The zero-order valence-electron chi connectivity index (χ0n) is 14.0. The highest BCUT2D eigenvalue weighted by Gasteiger charge is 2.24. The van der Waals surface area contributed by atoms with Gasteiger partial charge < -0.3 is 5.73 Å². The van der Waals surface area contributed by atoms with E-state index in [-0.39, 0.29) is 17.4 Å². The topological polar surface area (TPSA) is 86.2 Å². The standard InChI is InChI=1S/C19H14FN5OS/c1-2-11-27-19(26)25-18(23-12-21)16(13-6-8-14(20)9-7-13)17(24-25)15-5-3-4-10-22-15/h1,3-10,12H,11H2,(H2,21,23). The van der Waals surface area contributed by atoms with Crippen molar-refractivity contribution in [2.75, 3.05) is 5.75 Å². The zero-order valence-corrected chi connectivity index (χ0v) is 14.9. The number of benzene rings is 1. The number of rotatable bonds is 4. The van der Waals surface area contributed by atoms with Gasteiger partial charge in [0.05, 0.1) is 23.3 Å². The van der Waals surface area contributed by atoms with Gasteiger partial charge in [0, 0.05) is 6.20 Å². The zero-order chi connectivity index (χ0) is 19.2. The summed E-state index contributed by atoms with van der Waals surface area (Å²) >= 11 is 0.915. The SMILES string of the molecule is C#CCSC(=O)n1nc(-c2ccccn2)c(-c2ccc(F)cc2)c1/N=C\N. The van der Waals surface area contributed by atoms with E-state index in [1.807, 2.05) is 0 Å². The van der Waals surface area contributed by atoms with Crippen LogP contribution < -0.4 is 5.73 Å². The molecule has 0 amide bonds. The van der Waals surface area contributed by atoms with E-state index >= 15 is 0 Å². The quantitative estimate of drug-likeness (QED) is 0.424. The first kappa shape index (κ1) is 18.4. The molecule has 134 valence electrons. The van der Waals surface area contributed by atoms with Crippen molar-refractivity contribution in [1.82, 2.24) is 14.8 Å². The van der Waals surface area contributed by atoms with Gasteiger partial charge in [-0.15, -0.1) is 6.42 Å². The summed E-state index contributed by atoms with van der Waals surface area (Å²) in [4.78, 5) is 21.0. The Morgan fingerprint density at radius 1 is 1.33 bits per heavy atom. The van der Waals surface area contributed by atoms with Crippen molar-refractivity contribution in [2.24, 2.45) is 10.7 Å². The average Bonchev–Trinajstić information content (AvgIpc) is 3.07. The van der Waals surface area contributed by atoms with Crippen molar-refractivity contribution >= 4 is 29.2 Å². The third kappa shape index (κ3) is 3.88. The first-order valence-corrected chi connectivity index (χ1v) is 8.79. The lowest BCUT2D eigenvalue weighted by atomic mass is 10.0. The predicted octanol–water partition coefficient (Wildman–Crippen LogP) is 3.70. The Labute approximate surface area is 159 Å². The lowest BCUT2D eigenvalue weighted by Crippen LogP contribution is -2.08. The number of carbonyl (C=O) groups is 1. The van der Waals surface area contributed by atoms with E-state index in [9.17, 15) is 9.18 Å². The largest absolute Gasteiger partial charge is 0.390 e. The Kier molecular flexibility index (Phi) is 5.64. The Morgan fingerprint density at radius 2 is 2.11 bits per heavy atom. The number of pyridine rings is 1. The van der Waals surface area contributed by atoms with E-state index in [4.69, 9.17) is 12.2 Å². The second-order valence-electron chi connectivity index (χ2n) is 5.22. The Hall–Kier alpha value is -3.44. The fraction of sp³-hybridized carbons (Fsp3) is 0.0526. The number of hydrogen-bond donors (Lipinski definition) is 1. The number of terminal acetylenes is 1. The Bertz CT molecular complexity index is 1020. The van der Waals surface area contributed by atoms with Gasteiger partial charge in [0.15, 0.2) is 5.82 Å². The monoisotopic (exact) mass is 379 g/mol. The molecule has 0 aliphatic heterocycles. The molecule has 3 rings (SSSR count). The molecular formula is C19H14FN5OS. The molecule has 0 unspecified atom stereocenters. The maximum absolute atomic E-state index is 13.4. The first-order valence-electron chi connectivity index (χ1n) is 7.81. The number of thioether (sulfide) groups is 1. The van der Waals surface area contributed by atoms with Crippen molar-refractivity contribution in [1.29, 1.82) is 0 Å². The summed E-state index contributed by atoms with van der Waals surface area (Å²) in [5, 5.41) is 4.00. The number of aromatic nitrogens is 3. The molecule has 6 nitrogen and oxygen atoms in total. The smallest absolute Gasteiger partial charge is 0.308 e. The second-order valence-corrected chi connectivity index (χ2v) is 6.14. The molecule has 0 atom stereocenters. The molecule has 0 radical (unpaired) electrons. The van der Waals surface area contributed by atoms with Crippen molar-refractivity contribution in [3.63, 3.8) is 0 Å². The molecule has 0 aliphatic carbocycles. The van der Waals surface area contributed by atoms with Crippen LogP contribution in [-0.4, -0.2) is 32.1 Å². The van der Waals surface area contributed by atoms with E-state index in [0.29, 0.717) is 22.5 Å². The lowest BCUT2D eigenvalue weighted by molar-refractivity contribution is 0.260. The number of nitrogens with zero attached hydrogens (tertiary/aromatic N) is 4. The van der Waals surface area contributed by atoms with E-state index in [2.05, 4.69) is 21.0 Å². The third-order valence-corrected chi connectivity index (χ3v) is 4.28. The summed E-state index contributed by atoms with van der Waals surface area (Å²) in [6, 6.07) is 11.1. The highest BCUT2D eigenvalue weighted by molar-refractivity contribution is 8.13. The molecule has 27 heavy (non-hydrogen) atoms. The molecule has 1 aromatic carbocycles. The molecule has 2 aromatic heterocycles. The summed E-state index contributed by atoms with van der Waals surface area (Å²) in [5.41, 5.74) is 7.60. The van der Waals surface area contributed by atoms with Crippen LogP contribution in [0.1, 0.15) is 0 Å². The van der Waals surface area contributed by atoms with Crippen molar-refractivity contribution < 1.29 is 9.18 Å². The summed E-state index contributed by atoms with van der Waals surface area (Å²) in [5.74, 6) is 2.43. The van der Waals surface area contributed by atoms with Gasteiger partial charge >= 0.3 is 5.24 Å². The van der Waals surface area contributed by atoms with Gasteiger partial charge in [0.2, 0.25) is 0 Å². The van der Waals surface area contributed by atoms with Crippen LogP contribution in [0.5, 0.6) is 0 Å². The maximum Gasteiger partial charge on any atom is 0.308 e. The normalized spacial score (nSPS) is 10.8. The van der Waals surface area contributed by atoms with Gasteiger partial charge in [-0.1, -0.05) is 24.1 Å². The van der Waals surface area contributed by atoms with E-state index in [1.54, 1.807) is 36.5 Å². The molecule has 2 N–H and O–H groups in total. The van der Waals surface area contributed by atoms with Gasteiger partial charge in [0.25, 0.3) is 0 Å². The molecule has 0 spiro atoms. The molecule has 8 heteroatoms. The van der Waals surface area contributed by atoms with Crippen LogP contribution in [0.4, 0.5) is 15.0 Å². The lowest BCUT2D eigenvalue weighted by Gasteiger charge is -2.04. The number of hydrogen-bond acceptors (Lipinski definition) is 5. The van der Waals surface area contributed by atoms with Crippen LogP contribution >= 0.6 is 11.8 Å². The Balaban J connectivity index is 2.27. The van der Waals surface area contributed by atoms with Crippen LogP contribution in [0.25, 0.3) is 22.5 Å². The number of nitrogens with two attached hydrogens (primary N) is 1. The summed E-state index contributed by atoms with van der Waals surface area (Å²) in [6.45, 7) is 0. The van der Waals surface area contributed by atoms with Crippen molar-refractivity contribution in [3.05, 3.63) is 54.5 Å². The highest BCUT2D eigenvalue weighted by Crippen LogP contribution is 2.39. The molecule has 2 heterocycles. The van der Waals surface area contributed by atoms with Crippen LogP contribution in [0.2, 0.25) is 0 Å². The molecule has 3 aromatic rings.